The van der Waals surface area contributed by atoms with Crippen LogP contribution in [0.15, 0.2) is 25.3 Å². The molecule has 0 aromatic rings. The first kappa shape index (κ1) is 12.4. The molecule has 3 heteroatoms. The van der Waals surface area contributed by atoms with Crippen molar-refractivity contribution < 1.29 is 4.79 Å². The van der Waals surface area contributed by atoms with Crippen LogP contribution in [0.5, 0.6) is 0 Å². The van der Waals surface area contributed by atoms with Crippen LogP contribution in [0.2, 0.25) is 0 Å². The van der Waals surface area contributed by atoms with Gasteiger partial charge in [-0.25, -0.2) is 0 Å². The Morgan fingerprint density at radius 3 is 2.29 bits per heavy atom. The van der Waals surface area contributed by atoms with E-state index in [1.807, 2.05) is 13.0 Å². The molecule has 1 amide bonds. The third-order valence-corrected chi connectivity index (χ3v) is 1.87. The highest BCUT2D eigenvalue weighted by Gasteiger charge is 2.20. The second-order valence-electron chi connectivity index (χ2n) is 2.91. The zero-order valence-electron chi connectivity index (χ0n) is 8.57. The molecule has 0 N–H and O–H groups in total. The molecule has 0 radical (unpaired) electrons. The molecule has 76 valence electrons. The number of nitriles is 1. The van der Waals surface area contributed by atoms with E-state index in [9.17, 15) is 4.79 Å². The van der Waals surface area contributed by atoms with Crippen molar-refractivity contribution in [2.75, 3.05) is 13.1 Å². The molecule has 0 heterocycles. The fourth-order valence-corrected chi connectivity index (χ4v) is 1.11. The van der Waals surface area contributed by atoms with Crippen molar-refractivity contribution in [3.05, 3.63) is 25.3 Å². The van der Waals surface area contributed by atoms with E-state index in [1.165, 1.54) is 0 Å². The Balaban J connectivity index is 4.48. The van der Waals surface area contributed by atoms with Gasteiger partial charge in [0.05, 0.1) is 6.07 Å². The second kappa shape index (κ2) is 6.90. The Labute approximate surface area is 85.3 Å². The number of hydrogen-bond acceptors (Lipinski definition) is 2. The monoisotopic (exact) mass is 192 g/mol. The van der Waals surface area contributed by atoms with Crippen LogP contribution in [0.3, 0.4) is 0 Å². The molecule has 0 saturated carbocycles. The summed E-state index contributed by atoms with van der Waals surface area (Å²) in [6.45, 7) is 9.88. The van der Waals surface area contributed by atoms with Crippen LogP contribution in [0.25, 0.3) is 0 Å². The summed E-state index contributed by atoms with van der Waals surface area (Å²) >= 11 is 0. The van der Waals surface area contributed by atoms with E-state index in [0.717, 1.165) is 0 Å². The zero-order valence-corrected chi connectivity index (χ0v) is 8.57. The molecule has 0 aromatic carbocycles. The lowest BCUT2D eigenvalue weighted by Crippen LogP contribution is -2.35. The average molecular weight is 192 g/mol. The molecule has 0 aliphatic rings. The van der Waals surface area contributed by atoms with E-state index < -0.39 is 5.92 Å². The lowest BCUT2D eigenvalue weighted by molar-refractivity contribution is -0.132. The van der Waals surface area contributed by atoms with E-state index in [1.54, 1.807) is 17.1 Å². The van der Waals surface area contributed by atoms with Crippen molar-refractivity contribution in [3.63, 3.8) is 0 Å². The van der Waals surface area contributed by atoms with Crippen LogP contribution in [0.1, 0.15) is 13.3 Å². The van der Waals surface area contributed by atoms with Crippen LogP contribution in [0, 0.1) is 17.2 Å². The second-order valence-corrected chi connectivity index (χ2v) is 2.91. The Morgan fingerprint density at radius 1 is 1.50 bits per heavy atom. The summed E-state index contributed by atoms with van der Waals surface area (Å²) in [5.74, 6) is -0.690. The van der Waals surface area contributed by atoms with E-state index in [2.05, 4.69) is 13.2 Å². The van der Waals surface area contributed by atoms with Gasteiger partial charge in [-0.2, -0.15) is 5.26 Å². The van der Waals surface area contributed by atoms with Gasteiger partial charge in [0, 0.05) is 13.1 Å². The van der Waals surface area contributed by atoms with Gasteiger partial charge >= 0.3 is 0 Å². The molecule has 1 atom stereocenters. The van der Waals surface area contributed by atoms with Crippen molar-refractivity contribution in [2.45, 2.75) is 13.3 Å². The topological polar surface area (TPSA) is 44.1 Å². The first-order valence-electron chi connectivity index (χ1n) is 4.61. The van der Waals surface area contributed by atoms with Gasteiger partial charge in [0.2, 0.25) is 5.91 Å². The molecule has 0 aliphatic carbocycles. The van der Waals surface area contributed by atoms with Gasteiger partial charge in [0.1, 0.15) is 5.92 Å². The smallest absolute Gasteiger partial charge is 0.240 e. The molecule has 0 fully saturated rings. The van der Waals surface area contributed by atoms with Crippen molar-refractivity contribution in [3.8, 4) is 6.07 Å². The Morgan fingerprint density at radius 2 is 2.00 bits per heavy atom. The molecule has 3 nitrogen and oxygen atoms in total. The van der Waals surface area contributed by atoms with E-state index in [-0.39, 0.29) is 5.91 Å². The van der Waals surface area contributed by atoms with Crippen LogP contribution in [0.4, 0.5) is 0 Å². The molecule has 0 rings (SSSR count). The average Bonchev–Trinajstić information content (AvgIpc) is 2.19. The number of hydrogen-bond donors (Lipinski definition) is 0. The summed E-state index contributed by atoms with van der Waals surface area (Å²) in [5, 5.41) is 8.73. The molecule has 0 saturated heterocycles. The third-order valence-electron chi connectivity index (χ3n) is 1.87. The molecule has 1 unspecified atom stereocenters. The number of carbonyl (C=O) groups excluding carboxylic acids is 1. The summed E-state index contributed by atoms with van der Waals surface area (Å²) in [4.78, 5) is 13.3. The molecular weight excluding hydrogens is 176 g/mol. The number of carbonyl (C=O) groups is 1. The van der Waals surface area contributed by atoms with Crippen molar-refractivity contribution in [1.29, 1.82) is 5.26 Å². The van der Waals surface area contributed by atoms with Gasteiger partial charge < -0.3 is 4.90 Å². The van der Waals surface area contributed by atoms with Gasteiger partial charge in [-0.05, 0) is 6.42 Å². The summed E-state index contributed by atoms with van der Waals surface area (Å²) in [6, 6.07) is 1.99. The number of rotatable bonds is 6. The largest absolute Gasteiger partial charge is 0.334 e. The highest BCUT2D eigenvalue weighted by Crippen LogP contribution is 2.06. The number of amides is 1. The van der Waals surface area contributed by atoms with Crippen LogP contribution in [-0.2, 0) is 4.79 Å². The third kappa shape index (κ3) is 3.44. The highest BCUT2D eigenvalue weighted by atomic mass is 16.2. The maximum absolute atomic E-state index is 11.7. The van der Waals surface area contributed by atoms with E-state index in [4.69, 9.17) is 5.26 Å². The number of nitrogens with zero attached hydrogens (tertiary/aromatic N) is 2. The van der Waals surface area contributed by atoms with Gasteiger partial charge in [-0.3, -0.25) is 4.79 Å². The molecule has 0 bridgehead atoms. The molecular formula is C11H16N2O. The first-order chi connectivity index (χ1) is 6.71. The lowest BCUT2D eigenvalue weighted by Gasteiger charge is -2.21. The molecule has 0 spiro atoms. The maximum Gasteiger partial charge on any atom is 0.240 e. The normalized spacial score (nSPS) is 11.1. The molecule has 14 heavy (non-hydrogen) atoms. The Bertz CT molecular complexity index is 243. The van der Waals surface area contributed by atoms with Crippen molar-refractivity contribution >= 4 is 5.91 Å². The molecule has 0 aliphatic heterocycles. The van der Waals surface area contributed by atoms with Gasteiger partial charge in [-0.15, -0.1) is 13.2 Å². The predicted molar refractivity (Wildman–Crippen MR) is 56.4 cm³/mol. The minimum absolute atomic E-state index is 0.144. The minimum Gasteiger partial charge on any atom is -0.334 e. The maximum atomic E-state index is 11.7. The summed E-state index contributed by atoms with van der Waals surface area (Å²) in [5.41, 5.74) is 0. The zero-order chi connectivity index (χ0) is 11.0. The fraction of sp³-hybridized carbons (Fsp3) is 0.455. The highest BCUT2D eigenvalue weighted by molar-refractivity contribution is 5.81. The standard InChI is InChI=1S/C11H16N2O/c1-4-7-13(8-5-2)11(14)10(6-3)9-12/h4-5,10H,1-2,6-8H2,3H3. The predicted octanol–water partition coefficient (Wildman–Crippen LogP) is 1.74. The quantitative estimate of drug-likeness (QED) is 0.602. The van der Waals surface area contributed by atoms with Crippen LogP contribution < -0.4 is 0 Å². The SMILES string of the molecule is C=CCN(CC=C)C(=O)C(C#N)CC. The van der Waals surface area contributed by atoms with Crippen molar-refractivity contribution in [1.82, 2.24) is 4.90 Å². The van der Waals surface area contributed by atoms with Crippen LogP contribution >= 0.6 is 0 Å². The van der Waals surface area contributed by atoms with Crippen molar-refractivity contribution in [2.24, 2.45) is 5.92 Å². The fourth-order valence-electron chi connectivity index (χ4n) is 1.11. The summed E-state index contributed by atoms with van der Waals surface area (Å²) in [6.07, 6.45) is 3.83. The first-order valence-corrected chi connectivity index (χ1v) is 4.61. The van der Waals surface area contributed by atoms with Crippen LogP contribution in [-0.4, -0.2) is 23.9 Å². The van der Waals surface area contributed by atoms with E-state index >= 15 is 0 Å². The minimum atomic E-state index is -0.546. The van der Waals surface area contributed by atoms with Gasteiger partial charge in [-0.1, -0.05) is 19.1 Å². The molecule has 0 aromatic heterocycles. The summed E-state index contributed by atoms with van der Waals surface area (Å²) in [7, 11) is 0. The van der Waals surface area contributed by atoms with E-state index in [0.29, 0.717) is 19.5 Å². The lowest BCUT2D eigenvalue weighted by atomic mass is 10.1. The van der Waals surface area contributed by atoms with Gasteiger partial charge in [0.25, 0.3) is 0 Å². The summed E-state index contributed by atoms with van der Waals surface area (Å²) < 4.78 is 0. The Hall–Kier alpha value is -1.56. The van der Waals surface area contributed by atoms with Gasteiger partial charge in [0.15, 0.2) is 0 Å². The Kier molecular flexibility index (Phi) is 6.13.